The molecule has 1 N–H and O–H groups in total. The molecule has 0 saturated heterocycles. The SMILES string of the molecule is Cc1cc(OCC(F)(F)F)cc2c1c(C(=O)O)nn2OCC[Si](C)(C)C. The summed E-state index contributed by atoms with van der Waals surface area (Å²) in [5.74, 6) is -1.27. The number of hydrogen-bond acceptors (Lipinski definition) is 4. The lowest BCUT2D eigenvalue weighted by molar-refractivity contribution is -0.153. The first-order valence-corrected chi connectivity index (χ1v) is 11.7. The summed E-state index contributed by atoms with van der Waals surface area (Å²) < 4.78 is 41.9. The molecule has 1 aromatic carbocycles. The van der Waals surface area contributed by atoms with Gasteiger partial charge in [-0.05, 0) is 24.6 Å². The molecule has 2 rings (SSSR count). The highest BCUT2D eigenvalue weighted by molar-refractivity contribution is 6.76. The van der Waals surface area contributed by atoms with Crippen molar-refractivity contribution in [1.29, 1.82) is 0 Å². The number of aryl methyl sites for hydroxylation is 1. The lowest BCUT2D eigenvalue weighted by Gasteiger charge is -2.16. The summed E-state index contributed by atoms with van der Waals surface area (Å²) in [7, 11) is -1.38. The van der Waals surface area contributed by atoms with Gasteiger partial charge in [-0.2, -0.15) is 13.2 Å². The summed E-state index contributed by atoms with van der Waals surface area (Å²) in [4.78, 5) is 18.1. The third-order valence-corrected chi connectivity index (χ3v) is 5.30. The molecule has 26 heavy (non-hydrogen) atoms. The van der Waals surface area contributed by atoms with Crippen LogP contribution in [0.1, 0.15) is 16.1 Å². The number of ether oxygens (including phenoxy) is 1. The second-order valence-electron chi connectivity index (χ2n) is 7.21. The average Bonchev–Trinajstić information content (AvgIpc) is 2.83. The number of halogens is 3. The molecule has 0 aliphatic rings. The lowest BCUT2D eigenvalue weighted by Crippen LogP contribution is -2.25. The van der Waals surface area contributed by atoms with Crippen molar-refractivity contribution in [2.45, 2.75) is 38.8 Å². The Morgan fingerprint density at radius 3 is 2.50 bits per heavy atom. The van der Waals surface area contributed by atoms with Gasteiger partial charge in [0.05, 0.1) is 0 Å². The highest BCUT2D eigenvalue weighted by atomic mass is 28.3. The molecule has 0 amide bonds. The Hall–Kier alpha value is -2.23. The maximum atomic E-state index is 12.4. The van der Waals surface area contributed by atoms with Crippen LogP contribution >= 0.6 is 0 Å². The van der Waals surface area contributed by atoms with Gasteiger partial charge in [0.1, 0.15) is 17.9 Å². The molecule has 1 heterocycles. The van der Waals surface area contributed by atoms with Crippen LogP contribution in [0.25, 0.3) is 10.9 Å². The van der Waals surface area contributed by atoms with Crippen molar-refractivity contribution in [1.82, 2.24) is 9.94 Å². The molecule has 0 radical (unpaired) electrons. The maximum absolute atomic E-state index is 12.4. The fraction of sp³-hybridized carbons (Fsp3) is 0.500. The molecule has 0 aliphatic carbocycles. The Morgan fingerprint density at radius 1 is 1.31 bits per heavy atom. The number of hydrogen-bond donors (Lipinski definition) is 1. The Kier molecular flexibility index (Phi) is 5.54. The molecular formula is C16H21F3N2O4Si. The van der Waals surface area contributed by atoms with Crippen LogP contribution in [0, 0.1) is 6.92 Å². The van der Waals surface area contributed by atoms with Crippen molar-refractivity contribution < 1.29 is 32.6 Å². The predicted octanol–water partition coefficient (Wildman–Crippen LogP) is 3.75. The van der Waals surface area contributed by atoms with E-state index in [0.717, 1.165) is 10.9 Å². The molecular weight excluding hydrogens is 369 g/mol. The summed E-state index contributed by atoms with van der Waals surface area (Å²) in [5.41, 5.74) is 0.486. The fourth-order valence-corrected chi connectivity index (χ4v) is 3.03. The molecule has 0 fully saturated rings. The monoisotopic (exact) mass is 390 g/mol. The molecule has 6 nitrogen and oxygen atoms in total. The minimum Gasteiger partial charge on any atom is -0.484 e. The zero-order chi connectivity index (χ0) is 19.7. The molecule has 0 atom stereocenters. The van der Waals surface area contributed by atoms with Crippen molar-refractivity contribution in [3.8, 4) is 5.75 Å². The number of carbonyl (C=O) groups is 1. The third kappa shape index (κ3) is 5.13. The van der Waals surface area contributed by atoms with E-state index in [9.17, 15) is 23.1 Å². The second-order valence-corrected chi connectivity index (χ2v) is 12.8. The number of carboxylic acid groups (broad SMARTS) is 1. The van der Waals surface area contributed by atoms with Crippen LogP contribution in [-0.4, -0.2) is 48.5 Å². The minimum absolute atomic E-state index is 0.0285. The molecule has 144 valence electrons. The van der Waals surface area contributed by atoms with E-state index < -0.39 is 26.8 Å². The van der Waals surface area contributed by atoms with E-state index in [1.165, 1.54) is 12.1 Å². The van der Waals surface area contributed by atoms with Crippen molar-refractivity contribution >= 4 is 24.9 Å². The van der Waals surface area contributed by atoms with Crippen molar-refractivity contribution in [2.75, 3.05) is 13.2 Å². The number of alkyl halides is 3. The van der Waals surface area contributed by atoms with Gasteiger partial charge >= 0.3 is 12.1 Å². The smallest absolute Gasteiger partial charge is 0.422 e. The van der Waals surface area contributed by atoms with Crippen molar-refractivity contribution in [3.05, 3.63) is 23.4 Å². The molecule has 10 heteroatoms. The van der Waals surface area contributed by atoms with Crippen LogP contribution < -0.4 is 9.57 Å². The van der Waals surface area contributed by atoms with Crippen LogP contribution in [-0.2, 0) is 0 Å². The van der Waals surface area contributed by atoms with E-state index in [1.54, 1.807) is 6.92 Å². The van der Waals surface area contributed by atoms with Crippen LogP contribution in [0.15, 0.2) is 12.1 Å². The Labute approximate surface area is 149 Å². The average molecular weight is 390 g/mol. The molecule has 0 bridgehead atoms. The summed E-state index contributed by atoms with van der Waals surface area (Å²) in [6.45, 7) is 6.96. The number of aromatic carboxylic acids is 1. The largest absolute Gasteiger partial charge is 0.484 e. The van der Waals surface area contributed by atoms with Gasteiger partial charge in [0, 0.05) is 19.5 Å². The number of rotatable bonds is 7. The van der Waals surface area contributed by atoms with Crippen LogP contribution in [0.4, 0.5) is 13.2 Å². The zero-order valence-corrected chi connectivity index (χ0v) is 16.0. The van der Waals surface area contributed by atoms with E-state index in [-0.39, 0.29) is 17.0 Å². The van der Waals surface area contributed by atoms with Gasteiger partial charge in [-0.1, -0.05) is 24.5 Å². The van der Waals surface area contributed by atoms with E-state index in [2.05, 4.69) is 24.7 Å². The van der Waals surface area contributed by atoms with Crippen molar-refractivity contribution in [2.24, 2.45) is 0 Å². The van der Waals surface area contributed by atoms with Gasteiger partial charge in [0.15, 0.2) is 12.3 Å². The number of benzene rings is 1. The summed E-state index contributed by atoms with van der Waals surface area (Å²) in [6, 6.07) is 3.48. The number of aromatic nitrogens is 2. The first-order chi connectivity index (χ1) is 11.9. The second kappa shape index (κ2) is 7.18. The van der Waals surface area contributed by atoms with Gasteiger partial charge in [-0.3, -0.25) is 0 Å². The highest BCUT2D eigenvalue weighted by Crippen LogP contribution is 2.29. The predicted molar refractivity (Wildman–Crippen MR) is 92.6 cm³/mol. The molecule has 0 spiro atoms. The lowest BCUT2D eigenvalue weighted by atomic mass is 10.1. The first-order valence-electron chi connectivity index (χ1n) is 7.97. The Balaban J connectivity index is 2.40. The van der Waals surface area contributed by atoms with Gasteiger partial charge < -0.3 is 14.7 Å². The topological polar surface area (TPSA) is 73.6 Å². The molecule has 0 unspecified atom stereocenters. The maximum Gasteiger partial charge on any atom is 0.422 e. The molecule has 0 saturated carbocycles. The van der Waals surface area contributed by atoms with Crippen LogP contribution in [0.3, 0.4) is 0 Å². The van der Waals surface area contributed by atoms with E-state index in [1.807, 2.05) is 0 Å². The van der Waals surface area contributed by atoms with Crippen LogP contribution in [0.2, 0.25) is 25.7 Å². The normalized spacial score (nSPS) is 12.4. The standard InChI is InChI=1S/C16H21F3N2O4Si/c1-10-7-11(24-9-16(17,18)19)8-12-13(10)14(15(22)23)20-21(12)25-5-6-26(2,3)4/h7-8H,5-6,9H2,1-4H3,(H,22,23). The van der Waals surface area contributed by atoms with E-state index in [0.29, 0.717) is 17.6 Å². The van der Waals surface area contributed by atoms with Gasteiger partial charge in [0.25, 0.3) is 0 Å². The van der Waals surface area contributed by atoms with Gasteiger partial charge in [-0.15, -0.1) is 5.10 Å². The summed E-state index contributed by atoms with van der Waals surface area (Å²) >= 11 is 0. The van der Waals surface area contributed by atoms with Gasteiger partial charge in [-0.25, -0.2) is 4.79 Å². The molecule has 0 aliphatic heterocycles. The van der Waals surface area contributed by atoms with E-state index in [4.69, 9.17) is 9.57 Å². The fourth-order valence-electron chi connectivity index (χ4n) is 2.32. The number of nitrogens with zero attached hydrogens (tertiary/aromatic N) is 2. The Bertz CT molecular complexity index is 812. The Morgan fingerprint density at radius 2 is 1.96 bits per heavy atom. The summed E-state index contributed by atoms with van der Waals surface area (Å²) in [6.07, 6.45) is -4.47. The highest BCUT2D eigenvalue weighted by Gasteiger charge is 2.29. The minimum atomic E-state index is -4.47. The first kappa shape index (κ1) is 20.1. The summed E-state index contributed by atoms with van der Waals surface area (Å²) in [5, 5.41) is 13.6. The quantitative estimate of drug-likeness (QED) is 0.729. The number of carboxylic acids is 1. The van der Waals surface area contributed by atoms with Crippen LogP contribution in [0.5, 0.6) is 5.75 Å². The zero-order valence-electron chi connectivity index (χ0n) is 15.0. The van der Waals surface area contributed by atoms with Gasteiger partial charge in [0.2, 0.25) is 0 Å². The number of fused-ring (bicyclic) bond motifs is 1. The molecule has 2 aromatic rings. The van der Waals surface area contributed by atoms with Crippen molar-refractivity contribution in [3.63, 3.8) is 0 Å². The van der Waals surface area contributed by atoms with E-state index >= 15 is 0 Å². The molecule has 1 aromatic heterocycles. The third-order valence-electron chi connectivity index (χ3n) is 3.59.